The first-order valence-corrected chi connectivity index (χ1v) is 13.2. The second-order valence-electron chi connectivity index (χ2n) is 9.68. The lowest BCUT2D eigenvalue weighted by Crippen LogP contribution is -2.49. The van der Waals surface area contributed by atoms with Crippen molar-refractivity contribution in [2.75, 3.05) is 68.0 Å². The topological polar surface area (TPSA) is 114 Å². The minimum atomic E-state index is -4.26. The summed E-state index contributed by atoms with van der Waals surface area (Å²) in [6, 6.07) is 6.47. The molecule has 42 heavy (non-hydrogen) atoms. The summed E-state index contributed by atoms with van der Waals surface area (Å²) in [6.45, 7) is 0.928. The fraction of sp³-hybridized carbons (Fsp3) is 0.423. The standard InChI is InChI=1S/C26H27ClF5N5O5/c27-15-1-3-17(19(13-15)36-9-7-35(8-10-36)6-5-26(30,31)32)33-23(38)16-2-4-18(22(29)21(16)28)34-24(39)20-14-37(25(40)41)11-12-42-20/h1-4,13,20H,5-12,14H2,(H,33,38)(H,34,39)(H,40,41). The summed E-state index contributed by atoms with van der Waals surface area (Å²) in [5.74, 6) is -4.92. The minimum absolute atomic E-state index is 0.0548. The molecule has 2 saturated heterocycles. The normalized spacial score (nSPS) is 18.1. The molecule has 0 saturated carbocycles. The number of nitrogens with zero attached hydrogens (tertiary/aromatic N) is 3. The lowest BCUT2D eigenvalue weighted by atomic mass is 10.1. The molecule has 3 N–H and O–H groups in total. The Kier molecular flexibility index (Phi) is 9.74. The zero-order valence-corrected chi connectivity index (χ0v) is 22.8. The monoisotopic (exact) mass is 619 g/mol. The Hall–Kier alpha value is -3.69. The number of rotatable bonds is 7. The Morgan fingerprint density at radius 2 is 1.67 bits per heavy atom. The first-order chi connectivity index (χ1) is 19.8. The maximum Gasteiger partial charge on any atom is 0.407 e. The number of alkyl halides is 3. The summed E-state index contributed by atoms with van der Waals surface area (Å²) in [7, 11) is 0. The first kappa shape index (κ1) is 31.3. The van der Waals surface area contributed by atoms with Crippen molar-refractivity contribution in [3.63, 3.8) is 0 Å². The third-order valence-electron chi connectivity index (χ3n) is 6.85. The van der Waals surface area contributed by atoms with Crippen LogP contribution in [0, 0.1) is 11.6 Å². The van der Waals surface area contributed by atoms with Gasteiger partial charge in [0.15, 0.2) is 17.7 Å². The van der Waals surface area contributed by atoms with E-state index in [1.807, 2.05) is 4.90 Å². The van der Waals surface area contributed by atoms with Crippen molar-refractivity contribution in [1.82, 2.24) is 9.80 Å². The SMILES string of the molecule is O=C(Nc1ccc(Cl)cc1N1CCN(CCC(F)(F)F)CC1)c1ccc(NC(=O)C2CN(C(=O)O)CCO2)c(F)c1F. The van der Waals surface area contributed by atoms with Gasteiger partial charge in [0, 0.05) is 44.3 Å². The molecule has 1 atom stereocenters. The molecule has 1 unspecified atom stereocenters. The molecule has 0 aliphatic carbocycles. The number of piperazine rings is 1. The molecular weight excluding hydrogens is 593 g/mol. The van der Waals surface area contributed by atoms with Crippen LogP contribution < -0.4 is 15.5 Å². The van der Waals surface area contributed by atoms with Crippen LogP contribution in [0.25, 0.3) is 0 Å². The molecule has 0 spiro atoms. The van der Waals surface area contributed by atoms with Crippen molar-refractivity contribution in [3.05, 3.63) is 52.6 Å². The molecule has 3 amide bonds. The number of ether oxygens (including phenoxy) is 1. The van der Waals surface area contributed by atoms with Gasteiger partial charge in [0.1, 0.15) is 0 Å². The molecule has 0 radical (unpaired) electrons. The van der Waals surface area contributed by atoms with Crippen LogP contribution in [0.2, 0.25) is 5.02 Å². The average molecular weight is 620 g/mol. The molecule has 2 aromatic carbocycles. The number of morpholine rings is 1. The number of anilines is 3. The summed E-state index contributed by atoms with van der Waals surface area (Å²) < 4.78 is 72.8. The molecule has 2 aliphatic rings. The maximum atomic E-state index is 15.0. The smallest absolute Gasteiger partial charge is 0.407 e. The number of hydrogen-bond donors (Lipinski definition) is 3. The van der Waals surface area contributed by atoms with E-state index in [0.29, 0.717) is 36.9 Å². The highest BCUT2D eigenvalue weighted by molar-refractivity contribution is 6.31. The van der Waals surface area contributed by atoms with Gasteiger partial charge in [-0.2, -0.15) is 13.2 Å². The summed E-state index contributed by atoms with van der Waals surface area (Å²) in [5, 5.41) is 14.1. The number of nitrogens with one attached hydrogen (secondary N) is 2. The Labute approximate surface area is 241 Å². The maximum absolute atomic E-state index is 15.0. The van der Waals surface area contributed by atoms with Gasteiger partial charge in [-0.25, -0.2) is 13.6 Å². The molecule has 10 nitrogen and oxygen atoms in total. The quantitative estimate of drug-likeness (QED) is 0.397. The van der Waals surface area contributed by atoms with Gasteiger partial charge in [-0.3, -0.25) is 14.5 Å². The van der Waals surface area contributed by atoms with E-state index in [1.54, 1.807) is 11.0 Å². The summed E-state index contributed by atoms with van der Waals surface area (Å²) in [5.41, 5.74) is -0.545. The summed E-state index contributed by atoms with van der Waals surface area (Å²) >= 11 is 6.14. The van der Waals surface area contributed by atoms with Crippen LogP contribution in [0.4, 0.5) is 43.8 Å². The van der Waals surface area contributed by atoms with E-state index in [2.05, 4.69) is 10.6 Å². The average Bonchev–Trinajstić information content (AvgIpc) is 2.95. The Morgan fingerprint density at radius 1 is 0.976 bits per heavy atom. The molecule has 2 aliphatic heterocycles. The number of hydrogen-bond acceptors (Lipinski definition) is 6. The minimum Gasteiger partial charge on any atom is -0.465 e. The molecular formula is C26H27ClF5N5O5. The van der Waals surface area contributed by atoms with Crippen molar-refractivity contribution < 1.29 is 46.2 Å². The molecule has 0 bridgehead atoms. The van der Waals surface area contributed by atoms with Gasteiger partial charge in [-0.1, -0.05) is 11.6 Å². The van der Waals surface area contributed by atoms with Crippen LogP contribution >= 0.6 is 11.6 Å². The highest BCUT2D eigenvalue weighted by Gasteiger charge is 2.31. The molecule has 16 heteroatoms. The Morgan fingerprint density at radius 3 is 2.33 bits per heavy atom. The van der Waals surface area contributed by atoms with Gasteiger partial charge in [0.05, 0.1) is 42.2 Å². The van der Waals surface area contributed by atoms with Gasteiger partial charge in [0.25, 0.3) is 11.8 Å². The van der Waals surface area contributed by atoms with Crippen LogP contribution in [-0.4, -0.2) is 97.5 Å². The number of carbonyl (C=O) groups is 3. The van der Waals surface area contributed by atoms with Gasteiger partial charge in [0.2, 0.25) is 0 Å². The van der Waals surface area contributed by atoms with Gasteiger partial charge >= 0.3 is 12.3 Å². The molecule has 2 heterocycles. The van der Waals surface area contributed by atoms with E-state index in [1.165, 1.54) is 12.1 Å². The van der Waals surface area contributed by atoms with E-state index >= 15 is 0 Å². The van der Waals surface area contributed by atoms with E-state index in [0.717, 1.165) is 17.0 Å². The Balaban J connectivity index is 1.43. The van der Waals surface area contributed by atoms with E-state index in [4.69, 9.17) is 21.4 Å². The largest absolute Gasteiger partial charge is 0.465 e. The van der Waals surface area contributed by atoms with E-state index < -0.39 is 59.5 Å². The lowest BCUT2D eigenvalue weighted by molar-refractivity contribution is -0.138. The highest BCUT2D eigenvalue weighted by atomic mass is 35.5. The predicted molar refractivity (Wildman–Crippen MR) is 143 cm³/mol. The fourth-order valence-electron chi connectivity index (χ4n) is 4.58. The number of halogens is 6. The lowest BCUT2D eigenvalue weighted by Gasteiger charge is -2.37. The molecule has 2 aromatic rings. The third-order valence-corrected chi connectivity index (χ3v) is 7.08. The van der Waals surface area contributed by atoms with Gasteiger partial charge < -0.3 is 30.3 Å². The second-order valence-corrected chi connectivity index (χ2v) is 10.1. The highest BCUT2D eigenvalue weighted by Crippen LogP contribution is 2.32. The fourth-order valence-corrected chi connectivity index (χ4v) is 4.74. The molecule has 228 valence electrons. The van der Waals surface area contributed by atoms with Crippen molar-refractivity contribution in [2.45, 2.75) is 18.7 Å². The number of benzene rings is 2. The third kappa shape index (κ3) is 7.77. The number of carbonyl (C=O) groups excluding carboxylic acids is 2. The zero-order chi connectivity index (χ0) is 30.6. The van der Waals surface area contributed by atoms with Gasteiger partial charge in [-0.15, -0.1) is 0 Å². The number of carboxylic acid groups (broad SMARTS) is 1. The van der Waals surface area contributed by atoms with E-state index in [9.17, 15) is 36.3 Å². The molecule has 4 rings (SSSR count). The van der Waals surface area contributed by atoms with Crippen molar-refractivity contribution >= 4 is 46.6 Å². The van der Waals surface area contributed by atoms with Crippen LogP contribution in [0.3, 0.4) is 0 Å². The Bertz CT molecular complexity index is 1340. The second kappa shape index (κ2) is 13.1. The van der Waals surface area contributed by atoms with Crippen molar-refractivity contribution in [3.8, 4) is 0 Å². The molecule has 2 fully saturated rings. The summed E-state index contributed by atoms with van der Waals surface area (Å²) in [6.07, 6.45) is -7.67. The van der Waals surface area contributed by atoms with E-state index in [-0.39, 0.29) is 31.9 Å². The molecule has 0 aromatic heterocycles. The van der Waals surface area contributed by atoms with Crippen LogP contribution in [0.1, 0.15) is 16.8 Å². The van der Waals surface area contributed by atoms with Gasteiger partial charge in [-0.05, 0) is 30.3 Å². The van der Waals surface area contributed by atoms with Crippen LogP contribution in [0.15, 0.2) is 30.3 Å². The number of amides is 3. The summed E-state index contributed by atoms with van der Waals surface area (Å²) in [4.78, 5) is 41.1. The predicted octanol–water partition coefficient (Wildman–Crippen LogP) is 4.26. The van der Waals surface area contributed by atoms with Crippen LogP contribution in [-0.2, 0) is 9.53 Å². The zero-order valence-electron chi connectivity index (χ0n) is 22.0. The van der Waals surface area contributed by atoms with Crippen LogP contribution in [0.5, 0.6) is 0 Å². The van der Waals surface area contributed by atoms with Crippen molar-refractivity contribution in [2.24, 2.45) is 0 Å². The first-order valence-electron chi connectivity index (χ1n) is 12.9. The van der Waals surface area contributed by atoms with Crippen molar-refractivity contribution in [1.29, 1.82) is 0 Å².